The summed E-state index contributed by atoms with van der Waals surface area (Å²) in [4.78, 5) is 3.27. The molecular weight excluding hydrogens is 353 g/mol. The van der Waals surface area contributed by atoms with Gasteiger partial charge in [0.2, 0.25) is 0 Å². The van der Waals surface area contributed by atoms with Crippen LogP contribution < -0.4 is 4.74 Å². The van der Waals surface area contributed by atoms with Crippen molar-refractivity contribution in [1.82, 2.24) is 15.2 Å². The van der Waals surface area contributed by atoms with Crippen LogP contribution in [-0.2, 0) is 0 Å². The van der Waals surface area contributed by atoms with Gasteiger partial charge in [-0.05, 0) is 48.4 Å². The fourth-order valence-electron chi connectivity index (χ4n) is 3.00. The van der Waals surface area contributed by atoms with Crippen LogP contribution in [0.15, 0.2) is 48.7 Å². The lowest BCUT2D eigenvalue weighted by molar-refractivity contribution is 0.415. The van der Waals surface area contributed by atoms with Crippen LogP contribution in [0.1, 0.15) is 5.56 Å². The summed E-state index contributed by atoms with van der Waals surface area (Å²) in [5.41, 5.74) is 4.45. The molecule has 0 saturated heterocycles. The monoisotopic (exact) mass is 367 g/mol. The number of rotatable bonds is 3. The Morgan fingerprint density at radius 3 is 2.69 bits per heavy atom. The Balaban J connectivity index is 1.84. The van der Waals surface area contributed by atoms with Crippen LogP contribution >= 0.6 is 11.6 Å². The lowest BCUT2D eigenvalue weighted by atomic mass is 10.0. The molecule has 0 aliphatic carbocycles. The van der Waals surface area contributed by atoms with E-state index < -0.39 is 0 Å². The van der Waals surface area contributed by atoms with Crippen molar-refractivity contribution in [1.29, 1.82) is 0 Å². The maximum Gasteiger partial charge on any atom is 0.124 e. The molecule has 4 aromatic rings. The number of nitrogens with one attached hydrogen (secondary N) is 1. The average Bonchev–Trinajstić information content (AvgIpc) is 2.97. The van der Waals surface area contributed by atoms with E-state index in [1.807, 2.05) is 37.3 Å². The van der Waals surface area contributed by atoms with Crippen molar-refractivity contribution < 1.29 is 9.13 Å². The topological polar surface area (TPSA) is 50.8 Å². The Morgan fingerprint density at radius 1 is 1.08 bits per heavy atom. The molecule has 6 heteroatoms. The second-order valence-corrected chi connectivity index (χ2v) is 6.45. The van der Waals surface area contributed by atoms with Gasteiger partial charge >= 0.3 is 0 Å². The minimum atomic E-state index is -0.283. The fraction of sp³-hybridized carbons (Fsp3) is 0.100. The highest BCUT2D eigenvalue weighted by Gasteiger charge is 2.14. The summed E-state index contributed by atoms with van der Waals surface area (Å²) in [5.74, 6) is 0.450. The van der Waals surface area contributed by atoms with Crippen molar-refractivity contribution in [2.45, 2.75) is 6.92 Å². The van der Waals surface area contributed by atoms with E-state index in [4.69, 9.17) is 16.3 Å². The first-order chi connectivity index (χ1) is 12.5. The number of fused-ring (bicyclic) bond motifs is 1. The highest BCUT2D eigenvalue weighted by molar-refractivity contribution is 6.38. The van der Waals surface area contributed by atoms with Crippen LogP contribution in [0.5, 0.6) is 5.75 Å². The predicted octanol–water partition coefficient (Wildman–Crippen LogP) is 5.40. The van der Waals surface area contributed by atoms with E-state index in [0.717, 1.165) is 33.3 Å². The van der Waals surface area contributed by atoms with Gasteiger partial charge in [-0.3, -0.25) is 0 Å². The number of benzene rings is 2. The highest BCUT2D eigenvalue weighted by Crippen LogP contribution is 2.36. The largest absolute Gasteiger partial charge is 0.497 e. The zero-order valence-corrected chi connectivity index (χ0v) is 14.9. The Bertz CT molecular complexity index is 1100. The van der Waals surface area contributed by atoms with E-state index in [2.05, 4.69) is 15.2 Å². The van der Waals surface area contributed by atoms with E-state index >= 15 is 0 Å². The maximum absolute atomic E-state index is 13.7. The van der Waals surface area contributed by atoms with Gasteiger partial charge < -0.3 is 9.72 Å². The molecule has 0 unspecified atom stereocenters. The third-order valence-corrected chi connectivity index (χ3v) is 4.62. The smallest absolute Gasteiger partial charge is 0.124 e. The standard InChI is InChI=1S/C20H15ClFN3O/c1-11-5-12(7-14(22)6-11)13-8-18(25-23-10-13)20-19(21)16-4-3-15(26-2)9-17(16)24-20/h3-10,24H,1-2H3. The molecule has 2 aromatic carbocycles. The molecule has 26 heavy (non-hydrogen) atoms. The van der Waals surface area contributed by atoms with Gasteiger partial charge in [-0.15, -0.1) is 5.10 Å². The van der Waals surface area contributed by atoms with Crippen molar-refractivity contribution in [2.75, 3.05) is 7.11 Å². The minimum Gasteiger partial charge on any atom is -0.497 e. The van der Waals surface area contributed by atoms with E-state index in [-0.39, 0.29) is 5.82 Å². The lowest BCUT2D eigenvalue weighted by Crippen LogP contribution is -1.91. The molecule has 2 aromatic heterocycles. The molecule has 0 fully saturated rings. The van der Waals surface area contributed by atoms with Crippen LogP contribution in [0.25, 0.3) is 33.4 Å². The van der Waals surface area contributed by atoms with Gasteiger partial charge in [-0.25, -0.2) is 4.39 Å². The molecule has 0 amide bonds. The number of aromatic amines is 1. The van der Waals surface area contributed by atoms with Crippen LogP contribution in [0.2, 0.25) is 5.02 Å². The van der Waals surface area contributed by atoms with Crippen molar-refractivity contribution in [2.24, 2.45) is 0 Å². The molecule has 2 heterocycles. The number of hydrogen-bond acceptors (Lipinski definition) is 3. The summed E-state index contributed by atoms with van der Waals surface area (Å²) < 4.78 is 19.0. The van der Waals surface area contributed by atoms with Crippen LogP contribution in [0.4, 0.5) is 4.39 Å². The summed E-state index contributed by atoms with van der Waals surface area (Å²) in [5, 5.41) is 9.69. The van der Waals surface area contributed by atoms with Gasteiger partial charge in [0, 0.05) is 17.0 Å². The predicted molar refractivity (Wildman–Crippen MR) is 101 cm³/mol. The van der Waals surface area contributed by atoms with Crippen molar-refractivity contribution >= 4 is 22.5 Å². The first kappa shape index (κ1) is 16.5. The lowest BCUT2D eigenvalue weighted by Gasteiger charge is -2.05. The van der Waals surface area contributed by atoms with Gasteiger partial charge in [-0.1, -0.05) is 17.7 Å². The zero-order chi connectivity index (χ0) is 18.3. The molecule has 0 bridgehead atoms. The number of aromatic nitrogens is 3. The zero-order valence-electron chi connectivity index (χ0n) is 14.2. The summed E-state index contributed by atoms with van der Waals surface area (Å²) in [6, 6.07) is 12.3. The average molecular weight is 368 g/mol. The summed E-state index contributed by atoms with van der Waals surface area (Å²) in [6.45, 7) is 1.85. The van der Waals surface area contributed by atoms with Crippen molar-refractivity contribution in [3.05, 3.63) is 65.1 Å². The van der Waals surface area contributed by atoms with E-state index in [9.17, 15) is 4.39 Å². The third-order valence-electron chi connectivity index (χ3n) is 4.23. The second kappa shape index (κ2) is 6.42. The number of halogens is 2. The molecule has 0 aliphatic rings. The van der Waals surface area contributed by atoms with Gasteiger partial charge in [0.05, 0.1) is 29.5 Å². The second-order valence-electron chi connectivity index (χ2n) is 6.07. The van der Waals surface area contributed by atoms with Crippen LogP contribution in [0, 0.1) is 12.7 Å². The molecular formula is C20H15ClFN3O. The molecule has 0 radical (unpaired) electrons. The molecule has 0 saturated carbocycles. The first-order valence-electron chi connectivity index (χ1n) is 8.01. The Morgan fingerprint density at radius 2 is 1.92 bits per heavy atom. The van der Waals surface area contributed by atoms with Gasteiger partial charge in [0.15, 0.2) is 0 Å². The third kappa shape index (κ3) is 2.91. The normalized spacial score (nSPS) is 11.1. The van der Waals surface area contributed by atoms with Gasteiger partial charge in [-0.2, -0.15) is 5.10 Å². The van der Waals surface area contributed by atoms with Gasteiger partial charge in [0.1, 0.15) is 17.3 Å². The summed E-state index contributed by atoms with van der Waals surface area (Å²) in [7, 11) is 1.61. The maximum atomic E-state index is 13.7. The number of methoxy groups -OCH3 is 1. The Labute approximate surface area is 154 Å². The number of ether oxygens (including phenoxy) is 1. The number of H-pyrrole nitrogens is 1. The molecule has 0 spiro atoms. The number of hydrogen-bond donors (Lipinski definition) is 1. The van der Waals surface area contributed by atoms with Gasteiger partial charge in [0.25, 0.3) is 0 Å². The first-order valence-corrected chi connectivity index (χ1v) is 8.39. The van der Waals surface area contributed by atoms with Crippen molar-refractivity contribution in [3.8, 4) is 28.3 Å². The molecule has 130 valence electrons. The fourth-order valence-corrected chi connectivity index (χ4v) is 3.30. The highest BCUT2D eigenvalue weighted by atomic mass is 35.5. The number of aryl methyl sites for hydroxylation is 1. The number of nitrogens with zero attached hydrogens (tertiary/aromatic N) is 2. The molecule has 0 aliphatic heterocycles. The van der Waals surface area contributed by atoms with E-state index in [1.54, 1.807) is 13.3 Å². The SMILES string of the molecule is COc1ccc2c(Cl)c(-c3cc(-c4cc(C)cc(F)c4)cnn3)[nH]c2c1. The quantitative estimate of drug-likeness (QED) is 0.527. The Hall–Kier alpha value is -2.92. The summed E-state index contributed by atoms with van der Waals surface area (Å²) in [6.07, 6.45) is 1.61. The van der Waals surface area contributed by atoms with Crippen LogP contribution in [-0.4, -0.2) is 22.3 Å². The summed E-state index contributed by atoms with van der Waals surface area (Å²) >= 11 is 6.54. The van der Waals surface area contributed by atoms with E-state index in [0.29, 0.717) is 16.4 Å². The Kier molecular flexibility index (Phi) is 4.09. The molecule has 4 rings (SSSR count). The molecule has 1 N–H and O–H groups in total. The van der Waals surface area contributed by atoms with E-state index in [1.165, 1.54) is 12.1 Å². The van der Waals surface area contributed by atoms with Crippen LogP contribution in [0.3, 0.4) is 0 Å². The molecule has 4 nitrogen and oxygen atoms in total. The van der Waals surface area contributed by atoms with Crippen molar-refractivity contribution in [3.63, 3.8) is 0 Å². The minimum absolute atomic E-state index is 0.283. The molecule has 0 atom stereocenters.